The van der Waals surface area contributed by atoms with E-state index in [9.17, 15) is 26.7 Å². The first-order valence-electron chi connectivity index (χ1n) is 13.1. The van der Waals surface area contributed by atoms with E-state index in [1.807, 2.05) is 23.7 Å². The van der Waals surface area contributed by atoms with Crippen LogP contribution in [0, 0.1) is 0 Å². The summed E-state index contributed by atoms with van der Waals surface area (Å²) in [6.07, 6.45) is -5.79. The van der Waals surface area contributed by atoms with Gasteiger partial charge in [0.15, 0.2) is 0 Å². The predicted octanol–water partition coefficient (Wildman–Crippen LogP) is 4.39. The minimum Gasteiger partial charge on any atom is -0.379 e. The fourth-order valence-corrected chi connectivity index (χ4v) is 5.85. The Balaban J connectivity index is 1.30. The standard InChI is InChI=1S/C28H28F5N5O2/c1-36-16-34-35-25(36)10-27(14-40-15-27)18-3-2-4-19(9-18)38-12-21-20(26(38)39)7-17(8-22(21)28(31,32)33)11-37-6-5-23(29)24(30)13-37/h2-4,7-9,16,23-24H,5-6,10-15H2,1H3/t23-,24+/m1/s1. The number of amides is 1. The maximum Gasteiger partial charge on any atom is 0.416 e. The number of nitrogens with zero attached hydrogens (tertiary/aromatic N) is 5. The normalized spacial score (nSPS) is 22.9. The molecule has 2 saturated heterocycles. The van der Waals surface area contributed by atoms with Gasteiger partial charge in [0.1, 0.15) is 24.5 Å². The van der Waals surface area contributed by atoms with Crippen LogP contribution in [0.3, 0.4) is 0 Å². The molecule has 0 aliphatic carbocycles. The van der Waals surface area contributed by atoms with Gasteiger partial charge >= 0.3 is 6.18 Å². The first-order valence-corrected chi connectivity index (χ1v) is 13.1. The second-order valence-electron chi connectivity index (χ2n) is 11.0. The van der Waals surface area contributed by atoms with Crippen molar-refractivity contribution >= 4 is 11.6 Å². The Bertz CT molecular complexity index is 1440. The van der Waals surface area contributed by atoms with Gasteiger partial charge in [0.2, 0.25) is 0 Å². The van der Waals surface area contributed by atoms with E-state index in [0.29, 0.717) is 25.3 Å². The number of anilines is 1. The molecule has 212 valence electrons. The van der Waals surface area contributed by atoms with Crippen LogP contribution in [0.5, 0.6) is 0 Å². The highest BCUT2D eigenvalue weighted by Crippen LogP contribution is 2.42. The molecule has 2 aromatic carbocycles. The van der Waals surface area contributed by atoms with E-state index in [1.54, 1.807) is 23.4 Å². The maximum absolute atomic E-state index is 14.2. The van der Waals surface area contributed by atoms with E-state index in [2.05, 4.69) is 10.2 Å². The van der Waals surface area contributed by atoms with Crippen LogP contribution in [0.2, 0.25) is 0 Å². The summed E-state index contributed by atoms with van der Waals surface area (Å²) in [5, 5.41) is 8.12. The molecule has 0 N–H and O–H groups in total. The topological polar surface area (TPSA) is 63.5 Å². The number of likely N-dealkylation sites (tertiary alicyclic amines) is 1. The maximum atomic E-state index is 14.2. The van der Waals surface area contributed by atoms with Crippen molar-refractivity contribution in [3.8, 4) is 0 Å². The summed E-state index contributed by atoms with van der Waals surface area (Å²) in [6.45, 7) is 0.687. The Hall–Kier alpha value is -3.38. The largest absolute Gasteiger partial charge is 0.416 e. The number of piperidine rings is 1. The molecule has 0 radical (unpaired) electrons. The van der Waals surface area contributed by atoms with E-state index in [-0.39, 0.29) is 49.3 Å². The molecule has 2 fully saturated rings. The van der Waals surface area contributed by atoms with Crippen LogP contribution in [0.25, 0.3) is 0 Å². The minimum atomic E-state index is -4.68. The first kappa shape index (κ1) is 26.8. The van der Waals surface area contributed by atoms with Crippen LogP contribution in [-0.4, -0.2) is 64.2 Å². The highest BCUT2D eigenvalue weighted by atomic mass is 19.4. The summed E-state index contributed by atoms with van der Waals surface area (Å²) in [5.41, 5.74) is 0.258. The van der Waals surface area contributed by atoms with Crippen molar-refractivity contribution < 1.29 is 31.5 Å². The van der Waals surface area contributed by atoms with Crippen LogP contribution in [0.4, 0.5) is 27.6 Å². The van der Waals surface area contributed by atoms with Crippen molar-refractivity contribution in [1.82, 2.24) is 19.7 Å². The molecule has 3 aliphatic rings. The highest BCUT2D eigenvalue weighted by molar-refractivity contribution is 6.10. The third kappa shape index (κ3) is 4.77. The number of aryl methyl sites for hydroxylation is 1. The Morgan fingerprint density at radius 3 is 2.58 bits per heavy atom. The number of ether oxygens (including phenoxy) is 1. The van der Waals surface area contributed by atoms with Gasteiger partial charge in [-0.2, -0.15) is 13.2 Å². The van der Waals surface area contributed by atoms with E-state index < -0.39 is 35.4 Å². The second kappa shape index (κ2) is 9.91. The Labute approximate surface area is 227 Å². The van der Waals surface area contributed by atoms with Crippen molar-refractivity contribution in [2.75, 3.05) is 31.2 Å². The molecule has 3 aromatic rings. The van der Waals surface area contributed by atoms with E-state index >= 15 is 0 Å². The molecular formula is C28H28F5N5O2. The minimum absolute atomic E-state index is 0.00314. The first-order chi connectivity index (χ1) is 19.0. The molecule has 6 rings (SSSR count). The van der Waals surface area contributed by atoms with Crippen molar-refractivity contribution in [2.24, 2.45) is 7.05 Å². The average molecular weight is 562 g/mol. The number of hydrogen-bond donors (Lipinski definition) is 0. The molecule has 4 heterocycles. The SMILES string of the molecule is Cn1cnnc1CC1(c2cccc(N3Cc4c(cc(CN5CC[C@@H](F)[C@@H](F)C5)cc4C(F)(F)F)C3=O)c2)COC1. The van der Waals surface area contributed by atoms with Crippen molar-refractivity contribution in [1.29, 1.82) is 0 Å². The summed E-state index contributed by atoms with van der Waals surface area (Å²) in [7, 11) is 1.85. The Kier molecular flexibility index (Phi) is 6.65. The molecule has 0 unspecified atom stereocenters. The highest BCUT2D eigenvalue weighted by Gasteiger charge is 2.44. The number of carbonyl (C=O) groups excluding carboxylic acids is 1. The molecule has 0 saturated carbocycles. The number of benzene rings is 2. The zero-order valence-corrected chi connectivity index (χ0v) is 21.8. The van der Waals surface area contributed by atoms with E-state index in [4.69, 9.17) is 4.74 Å². The predicted molar refractivity (Wildman–Crippen MR) is 135 cm³/mol. The van der Waals surface area contributed by atoms with Gasteiger partial charge in [-0.1, -0.05) is 12.1 Å². The molecule has 0 spiro atoms. The third-order valence-electron chi connectivity index (χ3n) is 8.19. The molecule has 1 aromatic heterocycles. The number of aromatic nitrogens is 3. The van der Waals surface area contributed by atoms with Crippen LogP contribution in [0.1, 0.15) is 44.9 Å². The molecule has 2 atom stereocenters. The lowest BCUT2D eigenvalue weighted by Crippen LogP contribution is -2.49. The average Bonchev–Trinajstić information content (AvgIpc) is 3.45. The van der Waals surface area contributed by atoms with Gasteiger partial charge in [0.05, 0.1) is 25.3 Å². The summed E-state index contributed by atoms with van der Waals surface area (Å²) in [6, 6.07) is 9.74. The molecule has 7 nitrogen and oxygen atoms in total. The molecule has 12 heteroatoms. The molecule has 0 bridgehead atoms. The lowest BCUT2D eigenvalue weighted by molar-refractivity contribution is -0.138. The van der Waals surface area contributed by atoms with Gasteiger partial charge in [0, 0.05) is 49.8 Å². The number of halogens is 5. The van der Waals surface area contributed by atoms with Crippen LogP contribution in [-0.2, 0) is 42.9 Å². The Morgan fingerprint density at radius 1 is 1.12 bits per heavy atom. The third-order valence-corrected chi connectivity index (χ3v) is 8.19. The molecular weight excluding hydrogens is 533 g/mol. The van der Waals surface area contributed by atoms with Crippen LogP contribution >= 0.6 is 0 Å². The quantitative estimate of drug-likeness (QED) is 0.418. The van der Waals surface area contributed by atoms with Gasteiger partial charge in [-0.3, -0.25) is 9.69 Å². The number of rotatable bonds is 6. The van der Waals surface area contributed by atoms with Crippen molar-refractivity contribution in [3.63, 3.8) is 0 Å². The fraction of sp³-hybridized carbons (Fsp3) is 0.464. The molecule has 1 amide bonds. The van der Waals surface area contributed by atoms with Crippen LogP contribution < -0.4 is 4.90 Å². The van der Waals surface area contributed by atoms with Crippen LogP contribution in [0.15, 0.2) is 42.7 Å². The lowest BCUT2D eigenvalue weighted by Gasteiger charge is -2.42. The van der Waals surface area contributed by atoms with Gasteiger partial charge in [-0.15, -0.1) is 10.2 Å². The van der Waals surface area contributed by atoms with Gasteiger partial charge in [0.25, 0.3) is 5.91 Å². The lowest BCUT2D eigenvalue weighted by atomic mass is 9.75. The number of carbonyl (C=O) groups is 1. The monoisotopic (exact) mass is 561 g/mol. The molecule has 3 aliphatic heterocycles. The number of alkyl halides is 5. The van der Waals surface area contributed by atoms with Crippen molar-refractivity contribution in [2.45, 2.75) is 49.9 Å². The van der Waals surface area contributed by atoms with Crippen molar-refractivity contribution in [3.05, 3.63) is 76.4 Å². The summed E-state index contributed by atoms with van der Waals surface area (Å²) < 4.78 is 77.4. The van der Waals surface area contributed by atoms with E-state index in [1.165, 1.54) is 11.0 Å². The Morgan fingerprint density at radius 2 is 1.93 bits per heavy atom. The van der Waals surface area contributed by atoms with E-state index in [0.717, 1.165) is 17.5 Å². The number of hydrogen-bond acceptors (Lipinski definition) is 5. The summed E-state index contributed by atoms with van der Waals surface area (Å²) in [4.78, 5) is 16.5. The summed E-state index contributed by atoms with van der Waals surface area (Å²) in [5.74, 6) is 0.244. The zero-order valence-electron chi connectivity index (χ0n) is 21.8. The fourth-order valence-electron chi connectivity index (χ4n) is 5.85. The summed E-state index contributed by atoms with van der Waals surface area (Å²) >= 11 is 0. The number of fused-ring (bicyclic) bond motifs is 1. The second-order valence-corrected chi connectivity index (χ2v) is 11.0. The van der Waals surface area contributed by atoms with Gasteiger partial charge < -0.3 is 14.2 Å². The zero-order chi connectivity index (χ0) is 28.2. The molecule has 40 heavy (non-hydrogen) atoms. The van der Waals surface area contributed by atoms with Gasteiger partial charge in [-0.25, -0.2) is 8.78 Å². The smallest absolute Gasteiger partial charge is 0.379 e. The van der Waals surface area contributed by atoms with Gasteiger partial charge in [-0.05, 0) is 47.4 Å².